The third kappa shape index (κ3) is 3.59. The molecule has 1 atom stereocenters. The van der Waals surface area contributed by atoms with Gasteiger partial charge in [-0.1, -0.05) is 0 Å². The van der Waals surface area contributed by atoms with Crippen molar-refractivity contribution in [2.45, 2.75) is 13.0 Å². The van der Waals surface area contributed by atoms with E-state index in [2.05, 4.69) is 4.98 Å². The molecule has 1 aromatic rings. The standard InChI is InChI=1S/C9H12N2O4S/c1-6(7-4-16-5-10-7)11(2-8(12)13)3-9(14)15/h4-6H,2-3H2,1H3,(H,12,13)(H,14,15). The summed E-state index contributed by atoms with van der Waals surface area (Å²) in [4.78, 5) is 26.6. The Morgan fingerprint density at radius 3 is 2.38 bits per heavy atom. The highest BCUT2D eigenvalue weighted by Crippen LogP contribution is 2.19. The quantitative estimate of drug-likeness (QED) is 0.764. The fourth-order valence-electron chi connectivity index (χ4n) is 1.29. The summed E-state index contributed by atoms with van der Waals surface area (Å²) in [6.07, 6.45) is 0. The highest BCUT2D eigenvalue weighted by Gasteiger charge is 2.21. The highest BCUT2D eigenvalue weighted by molar-refractivity contribution is 7.07. The van der Waals surface area contributed by atoms with Crippen LogP contribution in [0.4, 0.5) is 0 Å². The number of nitrogens with zero attached hydrogens (tertiary/aromatic N) is 2. The van der Waals surface area contributed by atoms with Crippen LogP contribution in [0.2, 0.25) is 0 Å². The van der Waals surface area contributed by atoms with Crippen molar-refractivity contribution in [3.63, 3.8) is 0 Å². The van der Waals surface area contributed by atoms with Crippen molar-refractivity contribution < 1.29 is 19.8 Å². The first-order valence-electron chi connectivity index (χ1n) is 4.56. The summed E-state index contributed by atoms with van der Waals surface area (Å²) >= 11 is 1.39. The normalized spacial score (nSPS) is 12.6. The molecule has 1 rings (SSSR count). The first kappa shape index (κ1) is 12.6. The minimum Gasteiger partial charge on any atom is -0.480 e. The molecule has 0 spiro atoms. The molecule has 88 valence electrons. The van der Waals surface area contributed by atoms with E-state index in [0.29, 0.717) is 5.69 Å². The number of carboxylic acids is 2. The number of hydrogen-bond acceptors (Lipinski definition) is 5. The van der Waals surface area contributed by atoms with Crippen LogP contribution in [-0.2, 0) is 9.59 Å². The van der Waals surface area contributed by atoms with E-state index in [4.69, 9.17) is 10.2 Å². The van der Waals surface area contributed by atoms with Gasteiger partial charge < -0.3 is 10.2 Å². The van der Waals surface area contributed by atoms with Gasteiger partial charge in [0.2, 0.25) is 0 Å². The molecule has 0 aliphatic carbocycles. The first-order valence-corrected chi connectivity index (χ1v) is 5.50. The number of aromatic nitrogens is 1. The van der Waals surface area contributed by atoms with Crippen molar-refractivity contribution in [2.24, 2.45) is 0 Å². The summed E-state index contributed by atoms with van der Waals surface area (Å²) in [6, 6.07) is -0.321. The Balaban J connectivity index is 2.75. The number of hydrogen-bond donors (Lipinski definition) is 2. The van der Waals surface area contributed by atoms with Crippen molar-refractivity contribution in [1.82, 2.24) is 9.88 Å². The van der Waals surface area contributed by atoms with E-state index in [1.54, 1.807) is 17.8 Å². The molecule has 7 heteroatoms. The fourth-order valence-corrected chi connectivity index (χ4v) is 1.93. The maximum atomic E-state index is 10.6. The second kappa shape index (κ2) is 5.57. The van der Waals surface area contributed by atoms with Crippen LogP contribution in [0.1, 0.15) is 18.7 Å². The minimum atomic E-state index is -1.05. The van der Waals surface area contributed by atoms with Gasteiger partial charge in [0.25, 0.3) is 0 Å². The average Bonchev–Trinajstić information content (AvgIpc) is 2.66. The Bertz CT molecular complexity index is 350. The van der Waals surface area contributed by atoms with Crippen molar-refractivity contribution in [1.29, 1.82) is 0 Å². The van der Waals surface area contributed by atoms with E-state index in [0.717, 1.165) is 0 Å². The van der Waals surface area contributed by atoms with Crippen molar-refractivity contribution in [3.05, 3.63) is 16.6 Å². The first-order chi connectivity index (χ1) is 7.50. The minimum absolute atomic E-state index is 0.314. The lowest BCUT2D eigenvalue weighted by Gasteiger charge is -2.24. The summed E-state index contributed by atoms with van der Waals surface area (Å²) in [6.45, 7) is 1.11. The van der Waals surface area contributed by atoms with Crippen LogP contribution < -0.4 is 0 Å². The Hall–Kier alpha value is -1.47. The number of rotatable bonds is 6. The van der Waals surface area contributed by atoms with Gasteiger partial charge in [0.05, 0.1) is 30.3 Å². The fraction of sp³-hybridized carbons (Fsp3) is 0.444. The van der Waals surface area contributed by atoms with Crippen LogP contribution in [0.25, 0.3) is 0 Å². The van der Waals surface area contributed by atoms with Crippen LogP contribution in [0.5, 0.6) is 0 Å². The molecular formula is C9H12N2O4S. The molecular weight excluding hydrogens is 232 g/mol. The lowest BCUT2D eigenvalue weighted by molar-refractivity contribution is -0.142. The number of thiazole rings is 1. The molecule has 6 nitrogen and oxygen atoms in total. The van der Waals surface area contributed by atoms with Crippen LogP contribution in [0, 0.1) is 0 Å². The van der Waals surface area contributed by atoms with E-state index >= 15 is 0 Å². The topological polar surface area (TPSA) is 90.7 Å². The van der Waals surface area contributed by atoms with Crippen LogP contribution in [0.3, 0.4) is 0 Å². The smallest absolute Gasteiger partial charge is 0.317 e. The van der Waals surface area contributed by atoms with E-state index in [1.165, 1.54) is 16.2 Å². The van der Waals surface area contributed by atoms with Gasteiger partial charge in [-0.25, -0.2) is 4.98 Å². The summed E-state index contributed by atoms with van der Waals surface area (Å²) < 4.78 is 0. The maximum Gasteiger partial charge on any atom is 0.317 e. The van der Waals surface area contributed by atoms with Crippen molar-refractivity contribution >= 4 is 23.3 Å². The van der Waals surface area contributed by atoms with Gasteiger partial charge in [0.1, 0.15) is 0 Å². The lowest BCUT2D eigenvalue weighted by atomic mass is 10.2. The third-order valence-electron chi connectivity index (χ3n) is 2.10. The Morgan fingerprint density at radius 2 is 2.00 bits per heavy atom. The molecule has 0 aliphatic heterocycles. The maximum absolute atomic E-state index is 10.6. The number of aliphatic carboxylic acids is 2. The SMILES string of the molecule is CC(c1cscn1)N(CC(=O)O)CC(=O)O. The Kier molecular flexibility index (Phi) is 4.39. The van der Waals surface area contributed by atoms with Gasteiger partial charge >= 0.3 is 11.9 Å². The van der Waals surface area contributed by atoms with Crippen molar-refractivity contribution in [2.75, 3.05) is 13.1 Å². The average molecular weight is 244 g/mol. The molecule has 1 aromatic heterocycles. The molecule has 0 saturated carbocycles. The van der Waals surface area contributed by atoms with Crippen molar-refractivity contribution in [3.8, 4) is 0 Å². The molecule has 0 fully saturated rings. The summed E-state index contributed by atoms with van der Waals surface area (Å²) in [7, 11) is 0. The zero-order valence-corrected chi connectivity index (χ0v) is 9.48. The number of carbonyl (C=O) groups is 2. The summed E-state index contributed by atoms with van der Waals surface area (Å²) in [5.74, 6) is -2.10. The molecule has 0 saturated heterocycles. The predicted molar refractivity (Wildman–Crippen MR) is 57.4 cm³/mol. The summed E-state index contributed by atoms with van der Waals surface area (Å²) in [5.41, 5.74) is 2.32. The second-order valence-corrected chi connectivity index (χ2v) is 4.00. The van der Waals surface area contributed by atoms with Gasteiger partial charge in [-0.15, -0.1) is 11.3 Å². The lowest BCUT2D eigenvalue weighted by Crippen LogP contribution is -2.36. The Labute approximate surface area is 96.2 Å². The molecule has 0 amide bonds. The molecule has 0 aromatic carbocycles. The number of carboxylic acid groups (broad SMARTS) is 2. The Morgan fingerprint density at radius 1 is 1.44 bits per heavy atom. The van der Waals surface area contributed by atoms with Gasteiger partial charge in [0, 0.05) is 5.38 Å². The van der Waals surface area contributed by atoms with Gasteiger partial charge in [-0.3, -0.25) is 14.5 Å². The van der Waals surface area contributed by atoms with Gasteiger partial charge in [0.15, 0.2) is 0 Å². The van der Waals surface area contributed by atoms with Crippen LogP contribution >= 0.6 is 11.3 Å². The van der Waals surface area contributed by atoms with E-state index in [1.807, 2.05) is 0 Å². The summed E-state index contributed by atoms with van der Waals surface area (Å²) in [5, 5.41) is 19.2. The highest BCUT2D eigenvalue weighted by atomic mass is 32.1. The zero-order chi connectivity index (χ0) is 12.1. The monoisotopic (exact) mass is 244 g/mol. The third-order valence-corrected chi connectivity index (χ3v) is 2.71. The van der Waals surface area contributed by atoms with E-state index in [-0.39, 0.29) is 19.1 Å². The van der Waals surface area contributed by atoms with Gasteiger partial charge in [-0.05, 0) is 6.92 Å². The molecule has 0 radical (unpaired) electrons. The predicted octanol–water partition coefficient (Wildman–Crippen LogP) is 0.675. The van der Waals surface area contributed by atoms with Gasteiger partial charge in [-0.2, -0.15) is 0 Å². The molecule has 1 heterocycles. The van der Waals surface area contributed by atoms with Crippen LogP contribution in [-0.4, -0.2) is 45.1 Å². The zero-order valence-electron chi connectivity index (χ0n) is 8.66. The molecule has 1 unspecified atom stereocenters. The largest absolute Gasteiger partial charge is 0.480 e. The molecule has 0 bridgehead atoms. The molecule has 2 N–H and O–H groups in total. The van der Waals surface area contributed by atoms with E-state index in [9.17, 15) is 9.59 Å². The molecule has 0 aliphatic rings. The molecule has 16 heavy (non-hydrogen) atoms. The van der Waals surface area contributed by atoms with Crippen LogP contribution in [0.15, 0.2) is 10.9 Å². The second-order valence-electron chi connectivity index (χ2n) is 3.28. The van der Waals surface area contributed by atoms with E-state index < -0.39 is 11.9 Å².